The van der Waals surface area contributed by atoms with Crippen LogP contribution in [0.2, 0.25) is 0 Å². The molecule has 3 unspecified atom stereocenters. The number of nitrogens with zero attached hydrogens (tertiary/aromatic N) is 1. The Balaban J connectivity index is 1.74. The van der Waals surface area contributed by atoms with Gasteiger partial charge in [0.2, 0.25) is 5.75 Å². The van der Waals surface area contributed by atoms with E-state index in [1.807, 2.05) is 0 Å². The molecule has 2 aromatic carbocycles. The van der Waals surface area contributed by atoms with Gasteiger partial charge in [-0.05, 0) is 67.5 Å². The number of ketones is 1. The Morgan fingerprint density at radius 1 is 0.971 bits per heavy atom. The number of rotatable bonds is 8. The molecule has 0 amide bonds. The van der Waals surface area contributed by atoms with E-state index in [0.717, 1.165) is 25.7 Å². The number of hydrogen-bond donors (Lipinski definition) is 0. The Kier molecular flexibility index (Phi) is 7.17. The van der Waals surface area contributed by atoms with Crippen LogP contribution in [0.4, 0.5) is 0 Å². The Morgan fingerprint density at radius 3 is 2.26 bits per heavy atom. The predicted molar refractivity (Wildman–Crippen MR) is 134 cm³/mol. The van der Waals surface area contributed by atoms with Crippen molar-refractivity contribution in [1.29, 1.82) is 0 Å². The number of fused-ring (bicyclic) bond motifs is 1. The summed E-state index contributed by atoms with van der Waals surface area (Å²) < 4.78 is 24.4. The first-order chi connectivity index (χ1) is 16.4. The summed E-state index contributed by atoms with van der Waals surface area (Å²) in [6.07, 6.45) is 3.58. The van der Waals surface area contributed by atoms with Gasteiger partial charge in [-0.15, -0.1) is 0 Å². The van der Waals surface area contributed by atoms with Gasteiger partial charge < -0.3 is 23.5 Å². The van der Waals surface area contributed by atoms with E-state index in [1.54, 1.807) is 40.6 Å². The summed E-state index contributed by atoms with van der Waals surface area (Å²) in [5.74, 6) is 1.49. The lowest BCUT2D eigenvalue weighted by atomic mass is 9.71. The van der Waals surface area contributed by atoms with E-state index in [2.05, 4.69) is 42.8 Å². The highest BCUT2D eigenvalue weighted by atomic mass is 16.5. The average Bonchev–Trinajstić information content (AvgIpc) is 3.21. The molecule has 1 heterocycles. The number of Topliss-reactive ketones (excluding diaryl/α,β-unsaturated/α-hetero) is 1. The van der Waals surface area contributed by atoms with Crippen LogP contribution in [0.15, 0.2) is 36.4 Å². The van der Waals surface area contributed by atoms with Crippen molar-refractivity contribution in [2.24, 2.45) is 13.0 Å². The van der Waals surface area contributed by atoms with Crippen molar-refractivity contribution in [2.45, 2.75) is 44.6 Å². The monoisotopic (exact) mass is 465 g/mol. The van der Waals surface area contributed by atoms with Crippen molar-refractivity contribution in [3.63, 3.8) is 0 Å². The van der Waals surface area contributed by atoms with Crippen LogP contribution < -0.4 is 14.2 Å². The maximum absolute atomic E-state index is 13.9. The van der Waals surface area contributed by atoms with Crippen LogP contribution in [-0.4, -0.2) is 44.9 Å². The number of carbonyl (C=O) groups excluding carboxylic acids is 1. The second-order valence-electron chi connectivity index (χ2n) is 9.03. The van der Waals surface area contributed by atoms with Crippen molar-refractivity contribution in [1.82, 2.24) is 4.57 Å². The smallest absolute Gasteiger partial charge is 0.203 e. The highest BCUT2D eigenvalue weighted by molar-refractivity contribution is 6.00. The second kappa shape index (κ2) is 10.1. The van der Waals surface area contributed by atoms with Gasteiger partial charge in [-0.1, -0.05) is 13.0 Å². The lowest BCUT2D eigenvalue weighted by molar-refractivity contribution is 0.0431. The summed E-state index contributed by atoms with van der Waals surface area (Å²) in [4.78, 5) is 13.9. The number of carbonyl (C=O) groups is 1. The molecule has 1 aromatic heterocycles. The number of ether oxygens (including phenoxy) is 4. The van der Waals surface area contributed by atoms with Gasteiger partial charge >= 0.3 is 0 Å². The Labute approximate surface area is 201 Å². The van der Waals surface area contributed by atoms with E-state index in [4.69, 9.17) is 18.9 Å². The molecule has 0 radical (unpaired) electrons. The van der Waals surface area contributed by atoms with Crippen molar-refractivity contribution in [3.8, 4) is 17.2 Å². The van der Waals surface area contributed by atoms with Gasteiger partial charge in [-0.3, -0.25) is 4.79 Å². The van der Waals surface area contributed by atoms with E-state index < -0.39 is 0 Å². The van der Waals surface area contributed by atoms with Crippen molar-refractivity contribution in [2.75, 3.05) is 28.4 Å². The summed E-state index contributed by atoms with van der Waals surface area (Å²) in [7, 11) is 8.57. The van der Waals surface area contributed by atoms with E-state index in [9.17, 15) is 4.79 Å². The highest BCUT2D eigenvalue weighted by Crippen LogP contribution is 2.44. The zero-order valence-electron chi connectivity index (χ0n) is 21.0. The summed E-state index contributed by atoms with van der Waals surface area (Å²) >= 11 is 0. The number of aromatic nitrogens is 1. The molecule has 0 bridgehead atoms. The third kappa shape index (κ3) is 4.27. The third-order valence-corrected chi connectivity index (χ3v) is 7.38. The minimum absolute atomic E-state index is 0.0694. The minimum Gasteiger partial charge on any atom is -0.493 e. The van der Waals surface area contributed by atoms with Crippen LogP contribution in [0, 0.1) is 5.92 Å². The maximum atomic E-state index is 13.9. The third-order valence-electron chi connectivity index (χ3n) is 7.38. The second-order valence-corrected chi connectivity index (χ2v) is 9.03. The van der Waals surface area contributed by atoms with Gasteiger partial charge in [0.1, 0.15) is 0 Å². The van der Waals surface area contributed by atoms with E-state index in [0.29, 0.717) is 22.8 Å². The van der Waals surface area contributed by atoms with Crippen LogP contribution in [0.3, 0.4) is 0 Å². The van der Waals surface area contributed by atoms with Crippen LogP contribution in [-0.2, 0) is 18.2 Å². The summed E-state index contributed by atoms with van der Waals surface area (Å²) in [6, 6.07) is 12.4. The van der Waals surface area contributed by atoms with Crippen LogP contribution in [0.1, 0.15) is 53.7 Å². The van der Waals surface area contributed by atoms with Crippen LogP contribution in [0.25, 0.3) is 10.9 Å². The van der Waals surface area contributed by atoms with E-state index in [1.165, 1.54) is 22.2 Å². The number of benzene rings is 2. The first-order valence-corrected chi connectivity index (χ1v) is 11.9. The SMILES string of the molecule is CCc1cc2cc(C3CC(OC)CCC3C(=O)c3cc(OC)c(OC)c(OC)c3)ccc2n1C. The molecule has 0 saturated heterocycles. The Morgan fingerprint density at radius 2 is 1.68 bits per heavy atom. The molecule has 6 nitrogen and oxygen atoms in total. The molecular formula is C28H35NO5. The Hall–Kier alpha value is -2.99. The minimum atomic E-state index is -0.152. The van der Waals surface area contributed by atoms with Gasteiger partial charge in [0.25, 0.3) is 0 Å². The molecule has 1 fully saturated rings. The predicted octanol–water partition coefficient (Wildman–Crippen LogP) is 5.55. The molecule has 3 atom stereocenters. The topological polar surface area (TPSA) is 58.9 Å². The normalized spacial score (nSPS) is 20.4. The molecular weight excluding hydrogens is 430 g/mol. The fourth-order valence-corrected chi connectivity index (χ4v) is 5.46. The van der Waals surface area contributed by atoms with E-state index >= 15 is 0 Å². The molecule has 34 heavy (non-hydrogen) atoms. The van der Waals surface area contributed by atoms with Gasteiger partial charge in [0.05, 0.1) is 27.4 Å². The molecule has 0 aliphatic heterocycles. The molecule has 6 heteroatoms. The molecule has 1 aliphatic rings. The van der Waals surface area contributed by atoms with E-state index in [-0.39, 0.29) is 23.7 Å². The molecule has 0 N–H and O–H groups in total. The summed E-state index contributed by atoms with van der Waals surface area (Å²) in [6.45, 7) is 2.17. The van der Waals surface area contributed by atoms with Crippen molar-refractivity contribution >= 4 is 16.7 Å². The molecule has 1 aliphatic carbocycles. The fraction of sp³-hybridized carbons (Fsp3) is 0.464. The summed E-state index contributed by atoms with van der Waals surface area (Å²) in [5, 5.41) is 1.22. The first-order valence-electron chi connectivity index (χ1n) is 11.9. The largest absolute Gasteiger partial charge is 0.493 e. The molecule has 0 spiro atoms. The molecule has 182 valence electrons. The fourth-order valence-electron chi connectivity index (χ4n) is 5.46. The Bertz CT molecular complexity index is 1160. The van der Waals surface area contributed by atoms with Gasteiger partial charge in [0.15, 0.2) is 17.3 Å². The zero-order valence-corrected chi connectivity index (χ0v) is 21.0. The zero-order chi connectivity index (χ0) is 24.4. The van der Waals surface area contributed by atoms with Crippen LogP contribution in [0.5, 0.6) is 17.2 Å². The summed E-state index contributed by atoms with van der Waals surface area (Å²) in [5.41, 5.74) is 4.28. The highest BCUT2D eigenvalue weighted by Gasteiger charge is 2.37. The molecule has 4 rings (SSSR count). The number of methoxy groups -OCH3 is 4. The average molecular weight is 466 g/mol. The van der Waals surface area contributed by atoms with Gasteiger partial charge in [-0.2, -0.15) is 0 Å². The first kappa shape index (κ1) is 24.1. The molecule has 1 saturated carbocycles. The lowest BCUT2D eigenvalue weighted by Gasteiger charge is -2.35. The molecule has 3 aromatic rings. The van der Waals surface area contributed by atoms with Crippen molar-refractivity contribution in [3.05, 3.63) is 53.2 Å². The maximum Gasteiger partial charge on any atom is 0.203 e. The lowest BCUT2D eigenvalue weighted by Crippen LogP contribution is -2.32. The quantitative estimate of drug-likeness (QED) is 0.408. The van der Waals surface area contributed by atoms with Gasteiger partial charge in [0, 0.05) is 42.2 Å². The van der Waals surface area contributed by atoms with Crippen LogP contribution >= 0.6 is 0 Å². The number of aryl methyl sites for hydroxylation is 2. The van der Waals surface area contributed by atoms with Crippen molar-refractivity contribution < 1.29 is 23.7 Å². The standard InChI is InChI=1S/C28H35NO5/c1-7-20-13-18-12-17(8-11-24(18)29(20)2)23-16-21(31-3)9-10-22(23)27(30)19-14-25(32-4)28(34-6)26(15-19)33-5/h8,11-15,21-23H,7,9-10,16H2,1-6H3. The number of hydrogen-bond acceptors (Lipinski definition) is 5. The van der Waals surface area contributed by atoms with Gasteiger partial charge in [-0.25, -0.2) is 0 Å².